The molecule has 0 radical (unpaired) electrons. The van der Waals surface area contributed by atoms with Crippen LogP contribution in [0.15, 0.2) is 42.6 Å². The molecule has 0 aliphatic carbocycles. The molecule has 11 heteroatoms. The van der Waals surface area contributed by atoms with Gasteiger partial charge in [0.15, 0.2) is 0 Å². The van der Waals surface area contributed by atoms with E-state index in [-0.39, 0.29) is 39.6 Å². The Balaban J connectivity index is 1.61. The molecule has 1 saturated heterocycles. The van der Waals surface area contributed by atoms with Crippen LogP contribution in [0.5, 0.6) is 5.75 Å². The van der Waals surface area contributed by atoms with Gasteiger partial charge in [0, 0.05) is 18.5 Å². The van der Waals surface area contributed by atoms with Crippen LogP contribution in [0, 0.1) is 5.82 Å². The van der Waals surface area contributed by atoms with Gasteiger partial charge >= 0.3 is 5.97 Å². The van der Waals surface area contributed by atoms with Crippen LogP contribution in [-0.4, -0.2) is 44.8 Å². The number of aromatic carboxylic acids is 1. The van der Waals surface area contributed by atoms with Crippen molar-refractivity contribution in [3.05, 3.63) is 70.3 Å². The first-order valence-corrected chi connectivity index (χ1v) is 11.3. The standard InChI is InChI=1S/C24H22ClFN4O5/c25-17-4-1-5-18(26)21(17)30-22(32)16-12-27-24(29-19(16)8-7-14-3-2-10-35-14)28-13-6-9-20(31)15(11-13)23(33)34/h1,4-6,9,11-12,14,31H,2-3,7-8,10H2,(H,30,32)(H,33,34)(H,27,28,29). The summed E-state index contributed by atoms with van der Waals surface area (Å²) in [6.07, 6.45) is 4.25. The van der Waals surface area contributed by atoms with Crippen LogP contribution in [0.25, 0.3) is 0 Å². The summed E-state index contributed by atoms with van der Waals surface area (Å²) in [6, 6.07) is 8.04. The highest BCUT2D eigenvalue weighted by molar-refractivity contribution is 6.34. The molecule has 1 aromatic heterocycles. The molecule has 2 aromatic carbocycles. The molecule has 1 aliphatic heterocycles. The Kier molecular flexibility index (Phi) is 7.42. The fraction of sp³-hybridized carbons (Fsp3) is 0.250. The maximum absolute atomic E-state index is 14.2. The lowest BCUT2D eigenvalue weighted by Gasteiger charge is -2.14. The number of rotatable bonds is 8. The predicted molar refractivity (Wildman–Crippen MR) is 127 cm³/mol. The number of anilines is 3. The number of nitrogens with zero attached hydrogens (tertiary/aromatic N) is 2. The third-order valence-corrected chi connectivity index (χ3v) is 5.84. The lowest BCUT2D eigenvalue weighted by atomic mass is 10.1. The van der Waals surface area contributed by atoms with Gasteiger partial charge in [0.25, 0.3) is 5.91 Å². The van der Waals surface area contributed by atoms with E-state index < -0.39 is 17.7 Å². The zero-order valence-electron chi connectivity index (χ0n) is 18.4. The number of hydrogen-bond acceptors (Lipinski definition) is 7. The minimum Gasteiger partial charge on any atom is -0.507 e. The molecule has 0 saturated carbocycles. The summed E-state index contributed by atoms with van der Waals surface area (Å²) in [5.41, 5.74) is 0.453. The summed E-state index contributed by atoms with van der Waals surface area (Å²) in [7, 11) is 0. The number of carbonyl (C=O) groups excluding carboxylic acids is 1. The molecule has 35 heavy (non-hydrogen) atoms. The van der Waals surface area contributed by atoms with Crippen LogP contribution in [0.2, 0.25) is 5.02 Å². The predicted octanol–water partition coefficient (Wildman–Crippen LogP) is 4.78. The fourth-order valence-electron chi connectivity index (χ4n) is 3.74. The highest BCUT2D eigenvalue weighted by atomic mass is 35.5. The number of para-hydroxylation sites is 1. The van der Waals surface area contributed by atoms with Gasteiger partial charge in [-0.2, -0.15) is 0 Å². The van der Waals surface area contributed by atoms with Crippen LogP contribution >= 0.6 is 11.6 Å². The van der Waals surface area contributed by atoms with E-state index in [2.05, 4.69) is 20.6 Å². The van der Waals surface area contributed by atoms with Crippen molar-refractivity contribution in [2.75, 3.05) is 17.2 Å². The Morgan fingerprint density at radius 3 is 2.77 bits per heavy atom. The molecule has 9 nitrogen and oxygen atoms in total. The van der Waals surface area contributed by atoms with E-state index in [0.29, 0.717) is 30.8 Å². The molecule has 0 spiro atoms. The summed E-state index contributed by atoms with van der Waals surface area (Å²) in [5, 5.41) is 24.4. The summed E-state index contributed by atoms with van der Waals surface area (Å²) >= 11 is 6.04. The number of amides is 1. The van der Waals surface area contributed by atoms with E-state index in [1.54, 1.807) is 0 Å². The minimum absolute atomic E-state index is 0.0496. The second kappa shape index (κ2) is 10.7. The lowest BCUT2D eigenvalue weighted by Crippen LogP contribution is -2.19. The van der Waals surface area contributed by atoms with E-state index in [9.17, 15) is 24.2 Å². The highest BCUT2D eigenvalue weighted by Gasteiger charge is 2.21. The topological polar surface area (TPSA) is 134 Å². The second-order valence-electron chi connectivity index (χ2n) is 7.94. The largest absolute Gasteiger partial charge is 0.507 e. The summed E-state index contributed by atoms with van der Waals surface area (Å²) in [4.78, 5) is 32.9. The molecule has 3 aromatic rings. The summed E-state index contributed by atoms with van der Waals surface area (Å²) < 4.78 is 19.9. The number of carbonyl (C=O) groups is 2. The molecular formula is C24H22ClFN4O5. The number of carboxylic acid groups (broad SMARTS) is 1. The first-order valence-electron chi connectivity index (χ1n) is 10.9. The third kappa shape index (κ3) is 5.84. The molecule has 182 valence electrons. The van der Waals surface area contributed by atoms with E-state index in [1.807, 2.05) is 0 Å². The van der Waals surface area contributed by atoms with Crippen LogP contribution in [-0.2, 0) is 11.2 Å². The zero-order chi connectivity index (χ0) is 24.9. The average molecular weight is 501 g/mol. The van der Waals surface area contributed by atoms with Gasteiger partial charge in [-0.3, -0.25) is 4.79 Å². The van der Waals surface area contributed by atoms with Gasteiger partial charge < -0.3 is 25.6 Å². The minimum atomic E-state index is -1.29. The molecule has 1 unspecified atom stereocenters. The molecule has 1 fully saturated rings. The van der Waals surface area contributed by atoms with Crippen LogP contribution in [0.4, 0.5) is 21.7 Å². The molecule has 4 N–H and O–H groups in total. The Hall–Kier alpha value is -3.76. The SMILES string of the molecule is O=C(O)c1cc(Nc2ncc(C(=O)Nc3c(F)cccc3Cl)c(CCC3CCCO3)n2)ccc1O. The number of aryl methyl sites for hydroxylation is 1. The van der Waals surface area contributed by atoms with Crippen molar-refractivity contribution in [1.82, 2.24) is 9.97 Å². The van der Waals surface area contributed by atoms with Crippen molar-refractivity contribution in [3.63, 3.8) is 0 Å². The molecule has 4 rings (SSSR count). The average Bonchev–Trinajstić information content (AvgIpc) is 3.35. The first-order chi connectivity index (χ1) is 16.8. The lowest BCUT2D eigenvalue weighted by molar-refractivity contribution is 0.0693. The van der Waals surface area contributed by atoms with Crippen molar-refractivity contribution in [1.29, 1.82) is 0 Å². The number of halogens is 2. The van der Waals surface area contributed by atoms with Gasteiger partial charge in [0.05, 0.1) is 28.1 Å². The summed E-state index contributed by atoms with van der Waals surface area (Å²) in [6.45, 7) is 0.688. The van der Waals surface area contributed by atoms with Crippen molar-refractivity contribution >= 4 is 40.8 Å². The number of hydrogen-bond donors (Lipinski definition) is 4. The zero-order valence-corrected chi connectivity index (χ0v) is 19.2. The number of carboxylic acids is 1. The van der Waals surface area contributed by atoms with E-state index >= 15 is 0 Å². The Labute approximate surface area is 204 Å². The summed E-state index contributed by atoms with van der Waals surface area (Å²) in [5.74, 6) is -2.84. The molecule has 0 bridgehead atoms. The smallest absolute Gasteiger partial charge is 0.339 e. The quantitative estimate of drug-likeness (QED) is 0.325. The molecule has 1 atom stereocenters. The normalized spacial score (nSPS) is 15.1. The van der Waals surface area contributed by atoms with Crippen molar-refractivity contribution in [2.24, 2.45) is 0 Å². The van der Waals surface area contributed by atoms with Crippen LogP contribution < -0.4 is 10.6 Å². The molecule has 1 amide bonds. The maximum atomic E-state index is 14.2. The monoisotopic (exact) mass is 500 g/mol. The fourth-order valence-corrected chi connectivity index (χ4v) is 3.95. The van der Waals surface area contributed by atoms with Crippen molar-refractivity contribution < 1.29 is 28.9 Å². The van der Waals surface area contributed by atoms with Gasteiger partial charge in [0.1, 0.15) is 17.1 Å². The van der Waals surface area contributed by atoms with Crippen molar-refractivity contribution in [3.8, 4) is 5.75 Å². The van der Waals surface area contributed by atoms with Gasteiger partial charge in [-0.1, -0.05) is 17.7 Å². The van der Waals surface area contributed by atoms with Crippen LogP contribution in [0.3, 0.4) is 0 Å². The number of ether oxygens (including phenoxy) is 1. The molecular weight excluding hydrogens is 479 g/mol. The highest BCUT2D eigenvalue weighted by Crippen LogP contribution is 2.27. The van der Waals surface area contributed by atoms with Gasteiger partial charge in [-0.15, -0.1) is 0 Å². The number of benzene rings is 2. The Bertz CT molecular complexity index is 1250. The van der Waals surface area contributed by atoms with E-state index in [1.165, 1.54) is 42.6 Å². The maximum Gasteiger partial charge on any atom is 0.339 e. The number of aromatic hydroxyl groups is 1. The van der Waals surface area contributed by atoms with E-state index in [4.69, 9.17) is 16.3 Å². The van der Waals surface area contributed by atoms with Crippen LogP contribution in [0.1, 0.15) is 45.7 Å². The first kappa shape index (κ1) is 24.4. The van der Waals surface area contributed by atoms with E-state index in [0.717, 1.165) is 12.8 Å². The van der Waals surface area contributed by atoms with Crippen molar-refractivity contribution in [2.45, 2.75) is 31.8 Å². The van der Waals surface area contributed by atoms with Gasteiger partial charge in [-0.05, 0) is 56.0 Å². The number of aromatic nitrogens is 2. The number of nitrogens with one attached hydrogen (secondary N) is 2. The van der Waals surface area contributed by atoms with Gasteiger partial charge in [-0.25, -0.2) is 19.2 Å². The Morgan fingerprint density at radius 2 is 2.06 bits per heavy atom. The third-order valence-electron chi connectivity index (χ3n) is 5.52. The molecule has 2 heterocycles. The number of phenols is 1. The van der Waals surface area contributed by atoms with Gasteiger partial charge in [0.2, 0.25) is 5.95 Å². The second-order valence-corrected chi connectivity index (χ2v) is 8.35. The Morgan fingerprint density at radius 1 is 1.23 bits per heavy atom. The molecule has 1 aliphatic rings.